The van der Waals surface area contributed by atoms with E-state index in [1.54, 1.807) is 6.26 Å². The Morgan fingerprint density at radius 2 is 1.43 bits per heavy atom. The monoisotopic (exact) mass is 273 g/mol. The lowest BCUT2D eigenvalue weighted by Crippen LogP contribution is -1.83. The fourth-order valence-electron chi connectivity index (χ4n) is 1.99. The van der Waals surface area contributed by atoms with Crippen LogP contribution in [-0.2, 0) is 0 Å². The van der Waals surface area contributed by atoms with E-state index in [-0.39, 0.29) is 0 Å². The van der Waals surface area contributed by atoms with Crippen molar-refractivity contribution in [2.75, 3.05) is 0 Å². The van der Waals surface area contributed by atoms with Gasteiger partial charge in [0.15, 0.2) is 5.76 Å². The van der Waals surface area contributed by atoms with Gasteiger partial charge in [-0.1, -0.05) is 60.7 Å². The molecule has 0 N–H and O–H groups in total. The summed E-state index contributed by atoms with van der Waals surface area (Å²) >= 11 is 0. The number of hydrogen-bond acceptors (Lipinski definition) is 2. The van der Waals surface area contributed by atoms with E-state index >= 15 is 0 Å². The molecule has 0 atom stereocenters. The minimum absolute atomic E-state index is 0.756. The van der Waals surface area contributed by atoms with E-state index in [4.69, 9.17) is 4.42 Å². The second kappa shape index (κ2) is 6.53. The van der Waals surface area contributed by atoms with Gasteiger partial charge < -0.3 is 4.42 Å². The maximum Gasteiger partial charge on any atom is 0.152 e. The lowest BCUT2D eigenvalue weighted by molar-refractivity contribution is 0.552. The molecule has 0 spiro atoms. The zero-order valence-corrected chi connectivity index (χ0v) is 11.5. The zero-order valence-electron chi connectivity index (χ0n) is 11.5. The molecule has 0 aliphatic carbocycles. The molecule has 0 radical (unpaired) electrons. The van der Waals surface area contributed by atoms with Crippen LogP contribution in [0.25, 0.3) is 11.8 Å². The van der Waals surface area contributed by atoms with E-state index < -0.39 is 0 Å². The van der Waals surface area contributed by atoms with Crippen molar-refractivity contribution >= 4 is 18.0 Å². The van der Waals surface area contributed by atoms with Gasteiger partial charge in [0.1, 0.15) is 5.70 Å². The quantitative estimate of drug-likeness (QED) is 0.621. The van der Waals surface area contributed by atoms with E-state index in [9.17, 15) is 0 Å². The van der Waals surface area contributed by atoms with E-state index in [2.05, 4.69) is 4.99 Å². The number of furan rings is 1. The van der Waals surface area contributed by atoms with Gasteiger partial charge in [-0.3, -0.25) is 4.99 Å². The molecule has 1 heterocycles. The average molecular weight is 273 g/mol. The maximum atomic E-state index is 5.47. The molecular weight excluding hydrogens is 258 g/mol. The summed E-state index contributed by atoms with van der Waals surface area (Å²) in [6.07, 6.45) is 5.52. The summed E-state index contributed by atoms with van der Waals surface area (Å²) in [6, 6.07) is 23.9. The van der Waals surface area contributed by atoms with Crippen molar-refractivity contribution in [3.05, 3.63) is 95.9 Å². The van der Waals surface area contributed by atoms with Crippen LogP contribution in [0.4, 0.5) is 0 Å². The van der Waals surface area contributed by atoms with Gasteiger partial charge in [0.05, 0.1) is 6.26 Å². The Hall–Kier alpha value is -2.87. The SMILES string of the molecule is C(=N/C(=C\c1ccccc1)c1ccco1)c1ccccc1. The lowest BCUT2D eigenvalue weighted by atomic mass is 10.1. The Balaban J connectivity index is 1.94. The van der Waals surface area contributed by atoms with Gasteiger partial charge in [-0.15, -0.1) is 0 Å². The first-order valence-corrected chi connectivity index (χ1v) is 6.81. The number of rotatable bonds is 4. The summed E-state index contributed by atoms with van der Waals surface area (Å²) < 4.78 is 5.47. The van der Waals surface area contributed by atoms with E-state index in [0.717, 1.165) is 22.6 Å². The third-order valence-corrected chi connectivity index (χ3v) is 3.03. The Labute approximate surface area is 124 Å². The molecule has 0 bridgehead atoms. The molecular formula is C19H15NO. The highest BCUT2D eigenvalue weighted by molar-refractivity contribution is 5.89. The second-order valence-corrected chi connectivity index (χ2v) is 4.59. The highest BCUT2D eigenvalue weighted by Crippen LogP contribution is 2.20. The Bertz CT molecular complexity index is 726. The van der Waals surface area contributed by atoms with Crippen molar-refractivity contribution in [1.29, 1.82) is 0 Å². The molecule has 102 valence electrons. The van der Waals surface area contributed by atoms with Gasteiger partial charge in [0.25, 0.3) is 0 Å². The van der Waals surface area contributed by atoms with Crippen LogP contribution >= 0.6 is 0 Å². The molecule has 2 heteroatoms. The molecule has 0 saturated heterocycles. The molecule has 0 aliphatic rings. The van der Waals surface area contributed by atoms with Crippen LogP contribution in [0.1, 0.15) is 16.9 Å². The van der Waals surface area contributed by atoms with Gasteiger partial charge in [-0.05, 0) is 29.3 Å². The summed E-state index contributed by atoms with van der Waals surface area (Å²) in [7, 11) is 0. The number of benzene rings is 2. The van der Waals surface area contributed by atoms with Crippen LogP contribution < -0.4 is 0 Å². The first kappa shape index (κ1) is 13.1. The first-order chi connectivity index (χ1) is 10.4. The summed E-state index contributed by atoms with van der Waals surface area (Å²) in [5.41, 5.74) is 2.95. The van der Waals surface area contributed by atoms with Crippen molar-refractivity contribution in [2.45, 2.75) is 0 Å². The predicted molar refractivity (Wildman–Crippen MR) is 87.1 cm³/mol. The summed E-state index contributed by atoms with van der Waals surface area (Å²) in [5, 5.41) is 0. The maximum absolute atomic E-state index is 5.47. The van der Waals surface area contributed by atoms with E-state index in [1.165, 1.54) is 0 Å². The third kappa shape index (κ3) is 3.57. The molecule has 0 fully saturated rings. The molecule has 2 nitrogen and oxygen atoms in total. The van der Waals surface area contributed by atoms with E-state index in [0.29, 0.717) is 0 Å². The number of hydrogen-bond donors (Lipinski definition) is 0. The first-order valence-electron chi connectivity index (χ1n) is 6.81. The van der Waals surface area contributed by atoms with Gasteiger partial charge in [-0.2, -0.15) is 0 Å². The molecule has 3 rings (SSSR count). The van der Waals surface area contributed by atoms with Crippen LogP contribution in [-0.4, -0.2) is 6.21 Å². The standard InChI is InChI=1S/C19H15NO/c1-3-8-16(9-4-1)14-18(19-12-7-13-21-19)20-15-17-10-5-2-6-11-17/h1-15H/b18-14-,20-15?. The topological polar surface area (TPSA) is 25.5 Å². The third-order valence-electron chi connectivity index (χ3n) is 3.03. The van der Waals surface area contributed by atoms with E-state index in [1.807, 2.05) is 85.1 Å². The summed E-state index contributed by atoms with van der Waals surface area (Å²) in [6.45, 7) is 0. The second-order valence-electron chi connectivity index (χ2n) is 4.59. The summed E-state index contributed by atoms with van der Waals surface area (Å²) in [4.78, 5) is 4.57. The molecule has 21 heavy (non-hydrogen) atoms. The molecule has 0 amide bonds. The lowest BCUT2D eigenvalue weighted by Gasteiger charge is -1.99. The minimum atomic E-state index is 0.756. The fourth-order valence-corrected chi connectivity index (χ4v) is 1.99. The summed E-state index contributed by atoms with van der Waals surface area (Å²) in [5.74, 6) is 0.756. The zero-order chi connectivity index (χ0) is 14.3. The highest BCUT2D eigenvalue weighted by atomic mass is 16.3. The van der Waals surface area contributed by atoms with Crippen molar-refractivity contribution in [1.82, 2.24) is 0 Å². The normalized spacial score (nSPS) is 11.9. The van der Waals surface area contributed by atoms with Crippen LogP contribution in [0.3, 0.4) is 0 Å². The molecule has 2 aromatic carbocycles. The fraction of sp³-hybridized carbons (Fsp3) is 0. The van der Waals surface area contributed by atoms with Crippen molar-refractivity contribution in [3.63, 3.8) is 0 Å². The average Bonchev–Trinajstić information content (AvgIpc) is 3.08. The predicted octanol–water partition coefficient (Wildman–Crippen LogP) is 4.90. The molecule has 3 aromatic rings. The van der Waals surface area contributed by atoms with Crippen molar-refractivity contribution < 1.29 is 4.42 Å². The number of nitrogens with zero attached hydrogens (tertiary/aromatic N) is 1. The van der Waals surface area contributed by atoms with Gasteiger partial charge in [0.2, 0.25) is 0 Å². The Morgan fingerprint density at radius 3 is 2.05 bits per heavy atom. The van der Waals surface area contributed by atoms with Crippen LogP contribution in [0.5, 0.6) is 0 Å². The molecule has 0 unspecified atom stereocenters. The number of aliphatic imine (C=N–C) groups is 1. The van der Waals surface area contributed by atoms with Gasteiger partial charge in [0, 0.05) is 6.21 Å². The van der Waals surface area contributed by atoms with Crippen LogP contribution in [0.15, 0.2) is 88.5 Å². The smallest absolute Gasteiger partial charge is 0.152 e. The Morgan fingerprint density at radius 1 is 0.762 bits per heavy atom. The highest BCUT2D eigenvalue weighted by Gasteiger charge is 2.02. The van der Waals surface area contributed by atoms with Crippen LogP contribution in [0.2, 0.25) is 0 Å². The van der Waals surface area contributed by atoms with Crippen molar-refractivity contribution in [2.24, 2.45) is 4.99 Å². The largest absolute Gasteiger partial charge is 0.463 e. The van der Waals surface area contributed by atoms with Crippen LogP contribution in [0, 0.1) is 0 Å². The van der Waals surface area contributed by atoms with Gasteiger partial charge in [-0.25, -0.2) is 0 Å². The van der Waals surface area contributed by atoms with Gasteiger partial charge >= 0.3 is 0 Å². The molecule has 1 aromatic heterocycles. The van der Waals surface area contributed by atoms with Crippen molar-refractivity contribution in [3.8, 4) is 0 Å². The molecule has 0 saturated carbocycles. The Kier molecular flexibility index (Phi) is 4.08. The molecule has 0 aliphatic heterocycles. The minimum Gasteiger partial charge on any atom is -0.463 e.